The largest absolute Gasteiger partial charge is 0.325 e. The van der Waals surface area contributed by atoms with Crippen LogP contribution in [0.2, 0.25) is 0 Å². The monoisotopic (exact) mass is 473 g/mol. The van der Waals surface area contributed by atoms with E-state index in [1.807, 2.05) is 46.4 Å². The molecule has 0 radical (unpaired) electrons. The molecule has 3 aromatic heterocycles. The van der Waals surface area contributed by atoms with Crippen molar-refractivity contribution in [2.24, 2.45) is 5.92 Å². The maximum Gasteiger partial charge on any atom is 0.272 e. The van der Waals surface area contributed by atoms with Crippen LogP contribution in [0.15, 0.2) is 50.6 Å². The smallest absolute Gasteiger partial charge is 0.272 e. The second-order valence-electron chi connectivity index (χ2n) is 7.46. The van der Waals surface area contributed by atoms with Crippen molar-refractivity contribution in [3.8, 4) is 0 Å². The summed E-state index contributed by atoms with van der Waals surface area (Å²) in [6, 6.07) is 9.65. The molecule has 1 N–H and O–H groups in total. The highest BCUT2D eigenvalue weighted by molar-refractivity contribution is 7.99. The summed E-state index contributed by atoms with van der Waals surface area (Å²) in [7, 11) is 0. The fourth-order valence-electron chi connectivity index (χ4n) is 3.21. The number of rotatable bonds is 8. The van der Waals surface area contributed by atoms with Crippen molar-refractivity contribution in [1.82, 2.24) is 19.2 Å². The van der Waals surface area contributed by atoms with E-state index in [1.165, 1.54) is 23.1 Å². The van der Waals surface area contributed by atoms with E-state index in [-0.39, 0.29) is 17.2 Å². The number of aryl methyl sites for hydroxylation is 1. The number of anilines is 1. The molecule has 0 aliphatic rings. The van der Waals surface area contributed by atoms with Gasteiger partial charge in [0.05, 0.1) is 11.3 Å². The van der Waals surface area contributed by atoms with Crippen LogP contribution in [0, 0.1) is 5.92 Å². The molecule has 1 amide bonds. The molecule has 0 fully saturated rings. The molecule has 1 aromatic carbocycles. The summed E-state index contributed by atoms with van der Waals surface area (Å²) >= 11 is 4.36. The maximum absolute atomic E-state index is 13.0. The number of carbonyl (C=O) groups is 1. The summed E-state index contributed by atoms with van der Waals surface area (Å²) < 4.78 is 4.26. The Bertz CT molecular complexity index is 1290. The molecule has 0 atom stereocenters. The van der Waals surface area contributed by atoms with Gasteiger partial charge < -0.3 is 5.32 Å². The van der Waals surface area contributed by atoms with Crippen molar-refractivity contribution in [3.63, 3.8) is 0 Å². The Morgan fingerprint density at radius 3 is 2.87 bits per heavy atom. The first-order chi connectivity index (χ1) is 15.0. The lowest BCUT2D eigenvalue weighted by molar-refractivity contribution is -0.113. The van der Waals surface area contributed by atoms with E-state index in [2.05, 4.69) is 29.4 Å². The lowest BCUT2D eigenvalue weighted by Crippen LogP contribution is -2.23. The summed E-state index contributed by atoms with van der Waals surface area (Å²) in [5.74, 6) is 1.07. The van der Waals surface area contributed by atoms with Crippen molar-refractivity contribution in [1.29, 1.82) is 0 Å². The normalized spacial score (nSPS) is 11.6. The van der Waals surface area contributed by atoms with E-state index in [9.17, 15) is 9.59 Å². The molecule has 0 unspecified atom stereocenters. The van der Waals surface area contributed by atoms with Crippen molar-refractivity contribution in [2.45, 2.75) is 36.9 Å². The number of thiophene rings is 1. The van der Waals surface area contributed by atoms with E-state index >= 15 is 0 Å². The average molecular weight is 474 g/mol. The molecule has 4 rings (SSSR count). The number of aromatic nitrogens is 4. The van der Waals surface area contributed by atoms with Crippen LogP contribution >= 0.6 is 34.9 Å². The first-order valence-corrected chi connectivity index (χ1v) is 13.0. The third kappa shape index (κ3) is 4.65. The Morgan fingerprint density at radius 1 is 1.26 bits per heavy atom. The number of benzene rings is 1. The minimum atomic E-state index is -0.116. The average Bonchev–Trinajstić information content (AvgIpc) is 3.39. The van der Waals surface area contributed by atoms with Gasteiger partial charge in [0.2, 0.25) is 11.7 Å². The first-order valence-electron chi connectivity index (χ1n) is 9.89. The van der Waals surface area contributed by atoms with Crippen LogP contribution in [0.3, 0.4) is 0 Å². The minimum absolute atomic E-state index is 0.0338. The molecule has 0 saturated carbocycles. The zero-order valence-corrected chi connectivity index (χ0v) is 19.9. The topological polar surface area (TPSA) is 81.3 Å². The number of hydrogen-bond acceptors (Lipinski definition) is 7. The second kappa shape index (κ2) is 9.46. The molecule has 0 spiro atoms. The van der Waals surface area contributed by atoms with Crippen LogP contribution in [-0.2, 0) is 11.3 Å². The molecular formula is C21H23N5O2S3. The lowest BCUT2D eigenvalue weighted by Gasteiger charge is -2.10. The fraction of sp³-hybridized carbons (Fsp3) is 0.333. The van der Waals surface area contributed by atoms with Crippen LogP contribution in [0.25, 0.3) is 16.0 Å². The van der Waals surface area contributed by atoms with Crippen molar-refractivity contribution >= 4 is 62.4 Å². The number of hydrogen-bond donors (Lipinski definition) is 1. The summed E-state index contributed by atoms with van der Waals surface area (Å²) in [6.07, 6.45) is 2.87. The molecule has 31 heavy (non-hydrogen) atoms. The van der Waals surface area contributed by atoms with E-state index in [0.29, 0.717) is 28.1 Å². The van der Waals surface area contributed by atoms with E-state index in [0.717, 1.165) is 22.5 Å². The number of thioether (sulfide) groups is 2. The van der Waals surface area contributed by atoms with Crippen LogP contribution in [0.4, 0.5) is 5.69 Å². The number of carbonyl (C=O) groups excluding carboxylic acids is 1. The highest BCUT2D eigenvalue weighted by atomic mass is 32.2. The van der Waals surface area contributed by atoms with Gasteiger partial charge >= 0.3 is 0 Å². The van der Waals surface area contributed by atoms with Gasteiger partial charge in [-0.05, 0) is 48.2 Å². The zero-order chi connectivity index (χ0) is 22.0. The van der Waals surface area contributed by atoms with Crippen LogP contribution in [0.1, 0.15) is 20.3 Å². The van der Waals surface area contributed by atoms with E-state index < -0.39 is 0 Å². The molecule has 3 heterocycles. The van der Waals surface area contributed by atoms with E-state index in [4.69, 9.17) is 0 Å². The van der Waals surface area contributed by atoms with Gasteiger partial charge in [-0.3, -0.25) is 18.6 Å². The van der Waals surface area contributed by atoms with Gasteiger partial charge in [0, 0.05) is 17.1 Å². The molecule has 0 aliphatic carbocycles. The predicted molar refractivity (Wildman–Crippen MR) is 130 cm³/mol. The Morgan fingerprint density at radius 2 is 2.10 bits per heavy atom. The Hall–Kier alpha value is -2.30. The number of amides is 1. The molecule has 0 saturated heterocycles. The van der Waals surface area contributed by atoms with Crippen LogP contribution in [0.5, 0.6) is 0 Å². The standard InChI is InChI=1S/C21H23N5O2S3/c1-13(2)7-9-25-19(28)18-16(8-10-30-18)26-20(25)23-24-21(26)31-12-17(27)22-14-5-4-6-15(11-14)29-3/h4-6,8,10-11,13H,7,9,12H2,1-3H3,(H,22,27). The predicted octanol–water partition coefficient (Wildman–Crippen LogP) is 4.60. The molecular weight excluding hydrogens is 450 g/mol. The van der Waals surface area contributed by atoms with Crippen molar-refractivity contribution in [3.05, 3.63) is 46.1 Å². The van der Waals surface area contributed by atoms with Crippen molar-refractivity contribution < 1.29 is 4.79 Å². The van der Waals surface area contributed by atoms with Crippen molar-refractivity contribution in [2.75, 3.05) is 17.3 Å². The lowest BCUT2D eigenvalue weighted by atomic mass is 10.1. The molecule has 7 nitrogen and oxygen atoms in total. The summed E-state index contributed by atoms with van der Waals surface area (Å²) in [5.41, 5.74) is 1.52. The van der Waals surface area contributed by atoms with Crippen LogP contribution in [-0.4, -0.2) is 37.1 Å². The number of fused-ring (bicyclic) bond motifs is 3. The zero-order valence-electron chi connectivity index (χ0n) is 17.5. The maximum atomic E-state index is 13.0. The van der Waals surface area contributed by atoms with Gasteiger partial charge in [-0.15, -0.1) is 33.3 Å². The Labute approximate surface area is 192 Å². The minimum Gasteiger partial charge on any atom is -0.325 e. The van der Waals surface area contributed by atoms with E-state index in [1.54, 1.807) is 16.3 Å². The van der Waals surface area contributed by atoms with Gasteiger partial charge in [0.1, 0.15) is 4.70 Å². The summed E-state index contributed by atoms with van der Waals surface area (Å²) in [6.45, 7) is 4.85. The molecule has 4 aromatic rings. The quantitative estimate of drug-likeness (QED) is 0.377. The Kier molecular flexibility index (Phi) is 6.68. The fourth-order valence-corrected chi connectivity index (χ4v) is 5.23. The SMILES string of the molecule is CSc1cccc(NC(=O)CSc2nnc3n(CCC(C)C)c(=O)c4sccc4n23)c1. The first kappa shape index (κ1) is 21.9. The molecule has 0 aliphatic heterocycles. The van der Waals surface area contributed by atoms with Gasteiger partial charge in [-0.2, -0.15) is 0 Å². The third-order valence-corrected chi connectivity index (χ3v) is 7.34. The van der Waals surface area contributed by atoms with Crippen LogP contribution < -0.4 is 10.9 Å². The van der Waals surface area contributed by atoms with Gasteiger partial charge in [-0.25, -0.2) is 0 Å². The third-order valence-electron chi connectivity index (χ3n) is 4.80. The molecule has 0 bridgehead atoms. The highest BCUT2D eigenvalue weighted by Gasteiger charge is 2.18. The second-order valence-corrected chi connectivity index (χ2v) is 10.2. The molecule has 10 heteroatoms. The summed E-state index contributed by atoms with van der Waals surface area (Å²) in [5, 5.41) is 14.0. The number of nitrogens with one attached hydrogen (secondary N) is 1. The van der Waals surface area contributed by atoms with Gasteiger partial charge in [-0.1, -0.05) is 31.7 Å². The summed E-state index contributed by atoms with van der Waals surface area (Å²) in [4.78, 5) is 26.6. The Balaban J connectivity index is 1.59. The highest BCUT2D eigenvalue weighted by Crippen LogP contribution is 2.25. The van der Waals surface area contributed by atoms with Gasteiger partial charge in [0.25, 0.3) is 5.56 Å². The van der Waals surface area contributed by atoms with Gasteiger partial charge in [0.15, 0.2) is 5.16 Å². The molecule has 162 valence electrons. The number of nitrogens with zero attached hydrogens (tertiary/aromatic N) is 4.